The minimum Gasteiger partial charge on any atom is -0.455 e. The summed E-state index contributed by atoms with van der Waals surface area (Å²) in [4.78, 5) is 39.0. The number of ether oxygens (including phenoxy) is 6. The van der Waals surface area contributed by atoms with Crippen LogP contribution in [0.1, 0.15) is 6.92 Å². The summed E-state index contributed by atoms with van der Waals surface area (Å²) in [6.45, 7) is 4.11. The molecule has 4 aliphatic rings. The Hall–Kier alpha value is -1.75. The van der Waals surface area contributed by atoms with Gasteiger partial charge in [-0.25, -0.2) is 0 Å². The molecule has 4 heterocycles. The molecule has 0 spiro atoms. The van der Waals surface area contributed by atoms with Gasteiger partial charge in [0.1, 0.15) is 24.0 Å². The van der Waals surface area contributed by atoms with Crippen LogP contribution in [0.4, 0.5) is 0 Å². The molecule has 7 unspecified atom stereocenters. The maximum absolute atomic E-state index is 12.5. The molecule has 27 heavy (non-hydrogen) atoms. The Morgan fingerprint density at radius 3 is 2.67 bits per heavy atom. The molecule has 0 radical (unpaired) electrons. The predicted octanol–water partition coefficient (Wildman–Crippen LogP) is -1.30. The maximum Gasteiger partial charge on any atom is 0.320 e. The third-order valence-electron chi connectivity index (χ3n) is 5.52. The van der Waals surface area contributed by atoms with E-state index in [1.54, 1.807) is 6.92 Å². The molecule has 0 aromatic carbocycles. The van der Waals surface area contributed by atoms with E-state index in [9.17, 15) is 14.4 Å². The van der Waals surface area contributed by atoms with Gasteiger partial charge in [-0.2, -0.15) is 0 Å². The van der Waals surface area contributed by atoms with E-state index < -0.39 is 60.4 Å². The average molecular weight is 385 g/mol. The Morgan fingerprint density at radius 1 is 1.22 bits per heavy atom. The number of methoxy groups -OCH3 is 1. The first-order valence-corrected chi connectivity index (χ1v) is 9.08. The van der Waals surface area contributed by atoms with Gasteiger partial charge in [0.25, 0.3) is 0 Å². The van der Waals surface area contributed by atoms with Gasteiger partial charge in [0, 0.05) is 20.2 Å². The first-order valence-electron chi connectivity index (χ1n) is 9.08. The fourth-order valence-electron chi connectivity index (χ4n) is 4.16. The lowest BCUT2D eigenvalue weighted by Crippen LogP contribution is -2.49. The summed E-state index contributed by atoms with van der Waals surface area (Å²) in [6, 6.07) is 0. The second-order valence-corrected chi connectivity index (χ2v) is 7.10. The van der Waals surface area contributed by atoms with Gasteiger partial charge in [-0.3, -0.25) is 19.3 Å². The Balaban J connectivity index is 1.43. The van der Waals surface area contributed by atoms with Crippen molar-refractivity contribution in [2.75, 3.05) is 40.0 Å². The van der Waals surface area contributed by atoms with Crippen LogP contribution in [0.25, 0.3) is 0 Å². The highest BCUT2D eigenvalue weighted by molar-refractivity contribution is 5.87. The van der Waals surface area contributed by atoms with E-state index in [0.717, 1.165) is 0 Å². The number of hydrogen-bond donors (Lipinski definition) is 0. The third kappa shape index (κ3) is 3.31. The number of hydrogen-bond acceptors (Lipinski definition) is 10. The Bertz CT molecular complexity index is 620. The lowest BCUT2D eigenvalue weighted by Gasteiger charge is -2.29. The number of esters is 3. The Labute approximate surface area is 155 Å². The number of fused-ring (bicyclic) bond motifs is 1. The van der Waals surface area contributed by atoms with Gasteiger partial charge < -0.3 is 28.4 Å². The summed E-state index contributed by atoms with van der Waals surface area (Å²) in [5.41, 5.74) is 0. The van der Waals surface area contributed by atoms with Crippen LogP contribution in [0.2, 0.25) is 0 Å². The van der Waals surface area contributed by atoms with Crippen molar-refractivity contribution in [3.05, 3.63) is 0 Å². The van der Waals surface area contributed by atoms with Crippen LogP contribution in [0.3, 0.4) is 0 Å². The number of morpholine rings is 1. The maximum atomic E-state index is 12.5. The number of carbonyl (C=O) groups is 3. The van der Waals surface area contributed by atoms with Crippen LogP contribution in [-0.4, -0.2) is 93.5 Å². The summed E-state index contributed by atoms with van der Waals surface area (Å²) in [7, 11) is 1.41. The first-order chi connectivity index (χ1) is 13.0. The van der Waals surface area contributed by atoms with Gasteiger partial charge in [0.15, 0.2) is 18.5 Å². The van der Waals surface area contributed by atoms with Crippen LogP contribution in [0.15, 0.2) is 0 Å². The first kappa shape index (κ1) is 18.6. The van der Waals surface area contributed by atoms with Crippen molar-refractivity contribution in [3.8, 4) is 0 Å². The van der Waals surface area contributed by atoms with Crippen molar-refractivity contribution in [3.63, 3.8) is 0 Å². The topological polar surface area (TPSA) is 110 Å². The second kappa shape index (κ2) is 7.34. The zero-order chi connectivity index (χ0) is 19.1. The highest BCUT2D eigenvalue weighted by Gasteiger charge is 2.72. The molecule has 0 amide bonds. The van der Waals surface area contributed by atoms with E-state index >= 15 is 0 Å². The predicted molar refractivity (Wildman–Crippen MR) is 85.2 cm³/mol. The van der Waals surface area contributed by atoms with Gasteiger partial charge in [0.05, 0.1) is 19.8 Å². The van der Waals surface area contributed by atoms with Crippen molar-refractivity contribution < 1.29 is 42.8 Å². The molecule has 2 bridgehead atoms. The molecule has 4 fully saturated rings. The number of carbonyl (C=O) groups excluding carboxylic acids is 3. The minimum atomic E-state index is -0.875. The summed E-state index contributed by atoms with van der Waals surface area (Å²) in [5, 5.41) is 0. The molecule has 4 aliphatic heterocycles. The highest BCUT2D eigenvalue weighted by Crippen LogP contribution is 2.51. The molecule has 150 valence electrons. The van der Waals surface area contributed by atoms with Crippen molar-refractivity contribution in [2.45, 2.75) is 37.6 Å². The van der Waals surface area contributed by atoms with Gasteiger partial charge in [-0.1, -0.05) is 0 Å². The summed E-state index contributed by atoms with van der Waals surface area (Å²) in [6.07, 6.45) is -3.61. The van der Waals surface area contributed by atoms with Gasteiger partial charge in [-0.15, -0.1) is 0 Å². The minimum absolute atomic E-state index is 0.108. The lowest BCUT2D eigenvalue weighted by atomic mass is 9.78. The Kier molecular flexibility index (Phi) is 5.06. The largest absolute Gasteiger partial charge is 0.455 e. The fraction of sp³-hybridized carbons (Fsp3) is 0.824. The number of rotatable bonds is 6. The zero-order valence-corrected chi connectivity index (χ0v) is 15.2. The molecule has 0 saturated carbocycles. The molecule has 10 nitrogen and oxygen atoms in total. The van der Waals surface area contributed by atoms with E-state index in [4.69, 9.17) is 28.4 Å². The molecule has 4 saturated heterocycles. The lowest BCUT2D eigenvalue weighted by molar-refractivity contribution is -0.181. The molecule has 7 atom stereocenters. The quantitative estimate of drug-likeness (QED) is 0.311. The van der Waals surface area contributed by atoms with Crippen LogP contribution >= 0.6 is 0 Å². The molecule has 0 aromatic rings. The van der Waals surface area contributed by atoms with E-state index in [-0.39, 0.29) is 6.54 Å². The second-order valence-electron chi connectivity index (χ2n) is 7.10. The van der Waals surface area contributed by atoms with E-state index in [1.165, 1.54) is 7.11 Å². The van der Waals surface area contributed by atoms with Crippen LogP contribution in [-0.2, 0) is 42.8 Å². The molecule has 0 aliphatic carbocycles. The molecule has 0 aromatic heterocycles. The molecule has 0 N–H and O–H groups in total. The van der Waals surface area contributed by atoms with E-state index in [0.29, 0.717) is 26.3 Å². The van der Waals surface area contributed by atoms with Crippen LogP contribution < -0.4 is 0 Å². The molecule has 4 rings (SSSR count). The van der Waals surface area contributed by atoms with E-state index in [2.05, 4.69) is 0 Å². The smallest absolute Gasteiger partial charge is 0.320 e. The zero-order valence-electron chi connectivity index (χ0n) is 15.2. The fourth-order valence-corrected chi connectivity index (χ4v) is 4.16. The van der Waals surface area contributed by atoms with Crippen molar-refractivity contribution in [2.24, 2.45) is 11.8 Å². The average Bonchev–Trinajstić information content (AvgIpc) is 3.26. The SMILES string of the molecule is COC(C)OC(=O)C1C2OC3C(OC(=O)C31)C2OC(=O)CN1CCOCC1. The van der Waals surface area contributed by atoms with Crippen molar-refractivity contribution in [1.29, 1.82) is 0 Å². The standard InChI is InChI=1S/C17H23NO9/c1-8(22-2)24-16(20)10-11-13-15(27-17(11)21)14(12(10)26-13)25-9(19)7-18-3-5-23-6-4-18/h8,10-15H,3-7H2,1-2H3. The summed E-state index contributed by atoms with van der Waals surface area (Å²) >= 11 is 0. The van der Waals surface area contributed by atoms with Gasteiger partial charge in [-0.05, 0) is 6.92 Å². The van der Waals surface area contributed by atoms with Gasteiger partial charge in [0.2, 0.25) is 0 Å². The normalized spacial score (nSPS) is 38.5. The van der Waals surface area contributed by atoms with Crippen LogP contribution in [0, 0.1) is 11.8 Å². The highest BCUT2D eigenvalue weighted by atomic mass is 16.7. The third-order valence-corrected chi connectivity index (χ3v) is 5.52. The van der Waals surface area contributed by atoms with Crippen molar-refractivity contribution >= 4 is 17.9 Å². The summed E-state index contributed by atoms with van der Waals surface area (Å²) in [5.74, 6) is -3.19. The van der Waals surface area contributed by atoms with Crippen LogP contribution in [0.5, 0.6) is 0 Å². The molecule has 10 heteroatoms. The van der Waals surface area contributed by atoms with Crippen molar-refractivity contribution in [1.82, 2.24) is 4.90 Å². The molecular weight excluding hydrogens is 362 g/mol. The van der Waals surface area contributed by atoms with Gasteiger partial charge >= 0.3 is 17.9 Å². The van der Waals surface area contributed by atoms with E-state index in [1.807, 2.05) is 4.90 Å². The monoisotopic (exact) mass is 385 g/mol. The molecular formula is C17H23NO9. The summed E-state index contributed by atoms with van der Waals surface area (Å²) < 4.78 is 32.1. The number of nitrogens with zero attached hydrogens (tertiary/aromatic N) is 1. The Morgan fingerprint density at radius 2 is 1.96 bits per heavy atom.